The van der Waals surface area contributed by atoms with Crippen LogP contribution in [0.15, 0.2) is 97.1 Å². The molecule has 0 aromatic heterocycles. The van der Waals surface area contributed by atoms with E-state index in [9.17, 15) is 0 Å². The predicted molar refractivity (Wildman–Crippen MR) is 217 cm³/mol. The maximum atomic E-state index is 3.04. The summed E-state index contributed by atoms with van der Waals surface area (Å²) in [5.41, 5.74) is 16.2. The summed E-state index contributed by atoms with van der Waals surface area (Å²) in [6, 6.07) is 33.6. The number of benzene rings is 4. The second kappa shape index (κ2) is 13.5. The quantitative estimate of drug-likeness (QED) is 0.155. The summed E-state index contributed by atoms with van der Waals surface area (Å²) in [6.07, 6.45) is 22.6. The molecule has 0 spiro atoms. The van der Waals surface area contributed by atoms with Crippen LogP contribution in [0.5, 0.6) is 0 Å². The molecular formula is C48H58HfSi. The van der Waals surface area contributed by atoms with Crippen molar-refractivity contribution in [2.24, 2.45) is 0 Å². The van der Waals surface area contributed by atoms with Crippen LogP contribution in [-0.2, 0) is 17.1 Å². The maximum absolute atomic E-state index is 4.05. The molecule has 2 unspecified atom stereocenters. The summed E-state index contributed by atoms with van der Waals surface area (Å²) in [7, 11) is 0. The zero-order valence-electron chi connectivity index (χ0n) is 31.5. The normalized spacial score (nSPS) is 20.7. The van der Waals surface area contributed by atoms with Crippen molar-refractivity contribution in [2.45, 2.75) is 119 Å². The molecule has 258 valence electrons. The third kappa shape index (κ3) is 5.71. The molecular weight excluding hydrogens is 783 g/mol. The van der Waals surface area contributed by atoms with Gasteiger partial charge in [-0.25, -0.2) is 0 Å². The van der Waals surface area contributed by atoms with Gasteiger partial charge >= 0.3 is 306 Å². The Kier molecular flexibility index (Phi) is 9.29. The van der Waals surface area contributed by atoms with Crippen LogP contribution in [0, 0.1) is 0 Å². The molecule has 2 heteroatoms. The second-order valence-electron chi connectivity index (χ2n) is 17.9. The van der Waals surface area contributed by atoms with E-state index >= 15 is 0 Å². The number of hydrogen-bond acceptors (Lipinski definition) is 0. The molecule has 8 rings (SSSR count). The average molecular weight is 842 g/mol. The van der Waals surface area contributed by atoms with Gasteiger partial charge in [-0.2, -0.15) is 0 Å². The Morgan fingerprint density at radius 2 is 0.940 bits per heavy atom. The fraction of sp³-hybridized carbons (Fsp3) is 0.417. The van der Waals surface area contributed by atoms with Crippen LogP contribution in [0.1, 0.15) is 132 Å². The average Bonchev–Trinajstić information content (AvgIpc) is 3.96. The minimum absolute atomic E-state index is 0.531. The fourth-order valence-corrected chi connectivity index (χ4v) is 78.4. The van der Waals surface area contributed by atoms with Crippen LogP contribution < -0.4 is 0 Å². The Labute approximate surface area is 304 Å². The first kappa shape index (κ1) is 34.5. The molecule has 4 aromatic carbocycles. The van der Waals surface area contributed by atoms with E-state index in [4.69, 9.17) is 0 Å². The molecule has 2 fully saturated rings. The summed E-state index contributed by atoms with van der Waals surface area (Å²) >= 11 is -4.05. The molecule has 4 aromatic rings. The van der Waals surface area contributed by atoms with Crippen LogP contribution in [0.2, 0.25) is 20.4 Å². The van der Waals surface area contributed by atoms with Crippen LogP contribution in [-0.4, -0.2) is 5.49 Å². The Morgan fingerprint density at radius 3 is 1.34 bits per heavy atom. The molecule has 0 saturated heterocycles. The third-order valence-electron chi connectivity index (χ3n) is 14.0. The third-order valence-corrected chi connectivity index (χ3v) is 69.6. The standard InChI is InChI=1S/2C18H17.C10H18Si.2CH3.Hf/c2*1-13(2)15-8-3-9-16(12-15)18-11-5-7-14-6-4-10-17(14)18;1-2-6-9(5-1)11-10-7-3-4-8-10;;;/h2*3-13H,1-2H3;9-10H,1-8H2;2*1H3;. The van der Waals surface area contributed by atoms with Crippen molar-refractivity contribution in [3.63, 3.8) is 0 Å². The first-order valence-corrected chi connectivity index (χ1v) is 38.4. The first-order chi connectivity index (χ1) is 24.1. The van der Waals surface area contributed by atoms with E-state index in [1.807, 2.05) is 0 Å². The van der Waals surface area contributed by atoms with Gasteiger partial charge in [-0.15, -0.1) is 0 Å². The van der Waals surface area contributed by atoms with E-state index in [0.717, 1.165) is 11.1 Å². The summed E-state index contributed by atoms with van der Waals surface area (Å²) < 4.78 is 7.26. The van der Waals surface area contributed by atoms with Gasteiger partial charge in [0.05, 0.1) is 0 Å². The van der Waals surface area contributed by atoms with Gasteiger partial charge in [0.15, 0.2) is 0 Å². The van der Waals surface area contributed by atoms with E-state index < -0.39 is 22.6 Å². The van der Waals surface area contributed by atoms with Gasteiger partial charge in [-0.3, -0.25) is 0 Å². The van der Waals surface area contributed by atoms with Gasteiger partial charge in [0, 0.05) is 0 Å². The SMILES string of the molecule is CC(C)c1cccc(-c2cccc3c2C=C[CH]3[Hf]([CH3])([CH3])([CH]2C=Cc3c(-c4cccc(C(C)C)c4)cccc32)=[Si](C2CCCC2)C2CCCC2)c1. The molecule has 0 heterocycles. The first-order valence-electron chi connectivity index (χ1n) is 20.0. The van der Waals surface area contributed by atoms with Crippen molar-refractivity contribution in [1.82, 2.24) is 0 Å². The minimum atomic E-state index is -4.05. The molecule has 0 amide bonds. The van der Waals surface area contributed by atoms with Crippen LogP contribution in [0.25, 0.3) is 34.4 Å². The summed E-state index contributed by atoms with van der Waals surface area (Å²) in [5, 5.41) is 0. The predicted octanol–water partition coefficient (Wildman–Crippen LogP) is 14.8. The van der Waals surface area contributed by atoms with Crippen LogP contribution in [0.3, 0.4) is 0 Å². The number of fused-ring (bicyclic) bond motifs is 2. The molecule has 50 heavy (non-hydrogen) atoms. The molecule has 0 bridgehead atoms. The van der Waals surface area contributed by atoms with Gasteiger partial charge in [0.2, 0.25) is 0 Å². The van der Waals surface area contributed by atoms with E-state index in [1.54, 1.807) is 11.1 Å². The van der Waals surface area contributed by atoms with E-state index in [0.29, 0.717) is 19.2 Å². The van der Waals surface area contributed by atoms with Crippen molar-refractivity contribution < 1.29 is 17.1 Å². The zero-order valence-corrected chi connectivity index (χ0v) is 36.1. The Balaban J connectivity index is 1.36. The zero-order chi connectivity index (χ0) is 34.6. The van der Waals surface area contributed by atoms with Crippen molar-refractivity contribution in [3.8, 4) is 22.3 Å². The molecule has 0 N–H and O–H groups in total. The molecule has 0 aliphatic heterocycles. The van der Waals surface area contributed by atoms with Gasteiger partial charge in [0.25, 0.3) is 0 Å². The molecule has 2 saturated carbocycles. The Hall–Kier alpha value is -2.55. The molecule has 0 radical (unpaired) electrons. The van der Waals surface area contributed by atoms with Crippen molar-refractivity contribution in [3.05, 3.63) is 130 Å². The van der Waals surface area contributed by atoms with E-state index in [2.05, 4.69) is 146 Å². The summed E-state index contributed by atoms with van der Waals surface area (Å²) in [4.78, 5) is 0. The number of allylic oxidation sites excluding steroid dienone is 2. The molecule has 4 aliphatic carbocycles. The van der Waals surface area contributed by atoms with E-state index in [-0.39, 0.29) is 0 Å². The Morgan fingerprint density at radius 1 is 0.540 bits per heavy atom. The Bertz CT molecular complexity index is 1910. The molecule has 4 aliphatic rings. The van der Waals surface area contributed by atoms with Gasteiger partial charge in [-0.1, -0.05) is 0 Å². The van der Waals surface area contributed by atoms with Gasteiger partial charge in [0.1, 0.15) is 0 Å². The van der Waals surface area contributed by atoms with Crippen molar-refractivity contribution >= 4 is 17.6 Å². The monoisotopic (exact) mass is 842 g/mol. The van der Waals surface area contributed by atoms with Crippen LogP contribution >= 0.6 is 0 Å². The van der Waals surface area contributed by atoms with Crippen molar-refractivity contribution in [1.29, 1.82) is 0 Å². The fourth-order valence-electron chi connectivity index (χ4n) is 11.5. The summed E-state index contributed by atoms with van der Waals surface area (Å²) in [6.45, 7) is 9.28. The van der Waals surface area contributed by atoms with Crippen molar-refractivity contribution in [2.75, 3.05) is 0 Å². The van der Waals surface area contributed by atoms with Gasteiger partial charge in [-0.05, 0) is 0 Å². The molecule has 2 atom stereocenters. The second-order valence-corrected chi connectivity index (χ2v) is 62.8. The van der Waals surface area contributed by atoms with Gasteiger partial charge < -0.3 is 0 Å². The summed E-state index contributed by atoms with van der Waals surface area (Å²) in [5.74, 6) is 1.06. The topological polar surface area (TPSA) is 0 Å². The number of rotatable bonds is 8. The number of hydrogen-bond donors (Lipinski definition) is 0. The van der Waals surface area contributed by atoms with E-state index in [1.165, 1.54) is 95.9 Å². The van der Waals surface area contributed by atoms with Crippen LogP contribution in [0.4, 0.5) is 0 Å². The molecule has 0 nitrogen and oxygen atoms in total.